The fourth-order valence-electron chi connectivity index (χ4n) is 0.853. The number of aliphatic hydroxyl groups is 1. The van der Waals surface area contributed by atoms with E-state index in [0.29, 0.717) is 6.42 Å². The molecule has 3 N–H and O–H groups in total. The number of hydrogen-bond acceptors (Lipinski definition) is 2. The molecule has 0 fully saturated rings. The number of rotatable bonds is 5. The van der Waals surface area contributed by atoms with Crippen LogP contribution in [0, 0.1) is 5.92 Å². The lowest BCUT2D eigenvalue weighted by atomic mass is 9.99. The molecule has 3 heteroatoms. The van der Waals surface area contributed by atoms with Crippen LogP contribution in [0.3, 0.4) is 0 Å². The lowest BCUT2D eigenvalue weighted by Gasteiger charge is -2.14. The predicted octanol–water partition coefficient (Wildman–Crippen LogP) is 0.659. The number of unbranched alkanes of at least 4 members (excludes halogenated alkanes) is 1. The number of hydrogen-bond donors (Lipinski definition) is 2. The molecule has 0 heterocycles. The van der Waals surface area contributed by atoms with Crippen LogP contribution in [-0.2, 0) is 4.79 Å². The van der Waals surface area contributed by atoms with Crippen LogP contribution in [0.15, 0.2) is 0 Å². The summed E-state index contributed by atoms with van der Waals surface area (Å²) in [5.41, 5.74) is 5.01. The zero-order chi connectivity index (χ0) is 8.85. The van der Waals surface area contributed by atoms with Crippen LogP contribution in [0.1, 0.15) is 33.1 Å². The summed E-state index contributed by atoms with van der Waals surface area (Å²) in [6.45, 7) is 3.70. The Morgan fingerprint density at radius 2 is 2.18 bits per heavy atom. The summed E-state index contributed by atoms with van der Waals surface area (Å²) in [7, 11) is 0. The van der Waals surface area contributed by atoms with Gasteiger partial charge in [-0.3, -0.25) is 4.79 Å². The summed E-state index contributed by atoms with van der Waals surface area (Å²) < 4.78 is 0. The van der Waals surface area contributed by atoms with E-state index in [9.17, 15) is 9.90 Å². The second-order valence-corrected chi connectivity index (χ2v) is 2.90. The predicted molar refractivity (Wildman–Crippen MR) is 43.9 cm³/mol. The van der Waals surface area contributed by atoms with E-state index in [1.165, 1.54) is 0 Å². The molecule has 0 aliphatic heterocycles. The van der Waals surface area contributed by atoms with Gasteiger partial charge in [-0.1, -0.05) is 26.7 Å². The average Bonchev–Trinajstić information content (AvgIpc) is 1.98. The molecule has 0 aromatic carbocycles. The first-order chi connectivity index (χ1) is 5.09. The van der Waals surface area contributed by atoms with Gasteiger partial charge in [0.25, 0.3) is 0 Å². The van der Waals surface area contributed by atoms with Gasteiger partial charge >= 0.3 is 0 Å². The first kappa shape index (κ1) is 10.4. The number of carbonyl (C=O) groups excluding carboxylic acids is 1. The van der Waals surface area contributed by atoms with Gasteiger partial charge in [0, 0.05) is 0 Å². The standard InChI is InChI=1S/C8H17NO2/c1-3-4-5-7(10)6(2)8(9)11/h6-7,10H,3-5H2,1-2H3,(H2,9,11)/t6-,7+/m0/s1. The summed E-state index contributed by atoms with van der Waals surface area (Å²) >= 11 is 0. The van der Waals surface area contributed by atoms with Crippen LogP contribution in [0.5, 0.6) is 0 Å². The number of aliphatic hydroxyl groups excluding tert-OH is 1. The Morgan fingerprint density at radius 3 is 2.55 bits per heavy atom. The Labute approximate surface area is 67.6 Å². The molecule has 3 nitrogen and oxygen atoms in total. The van der Waals surface area contributed by atoms with Crippen molar-refractivity contribution in [2.24, 2.45) is 11.7 Å². The number of nitrogens with two attached hydrogens (primary N) is 1. The van der Waals surface area contributed by atoms with E-state index in [0.717, 1.165) is 12.8 Å². The van der Waals surface area contributed by atoms with E-state index in [1.807, 2.05) is 6.92 Å². The Bertz CT molecular complexity index is 125. The lowest BCUT2D eigenvalue weighted by Crippen LogP contribution is -2.31. The molecule has 0 aliphatic rings. The Hall–Kier alpha value is -0.570. The summed E-state index contributed by atoms with van der Waals surface area (Å²) in [6, 6.07) is 0. The Balaban J connectivity index is 3.63. The molecule has 0 aliphatic carbocycles. The summed E-state index contributed by atoms with van der Waals surface area (Å²) in [4.78, 5) is 10.6. The van der Waals surface area contributed by atoms with E-state index in [2.05, 4.69) is 0 Å². The number of carbonyl (C=O) groups is 1. The maximum Gasteiger partial charge on any atom is 0.222 e. The number of amides is 1. The van der Waals surface area contributed by atoms with Gasteiger partial charge in [-0.2, -0.15) is 0 Å². The van der Waals surface area contributed by atoms with E-state index in [1.54, 1.807) is 6.92 Å². The van der Waals surface area contributed by atoms with Gasteiger partial charge in [0.15, 0.2) is 0 Å². The molecule has 0 unspecified atom stereocenters. The highest BCUT2D eigenvalue weighted by atomic mass is 16.3. The third kappa shape index (κ3) is 3.98. The van der Waals surface area contributed by atoms with Gasteiger partial charge in [-0.25, -0.2) is 0 Å². The SMILES string of the molecule is CCCC[C@@H](O)[C@H](C)C(N)=O. The first-order valence-corrected chi connectivity index (χ1v) is 4.07. The average molecular weight is 159 g/mol. The molecule has 0 saturated heterocycles. The van der Waals surface area contributed by atoms with Crippen molar-refractivity contribution in [2.75, 3.05) is 0 Å². The van der Waals surface area contributed by atoms with Crippen molar-refractivity contribution in [3.05, 3.63) is 0 Å². The quantitative estimate of drug-likeness (QED) is 0.619. The van der Waals surface area contributed by atoms with E-state index in [-0.39, 0.29) is 0 Å². The van der Waals surface area contributed by atoms with Gasteiger partial charge in [0.1, 0.15) is 0 Å². The van der Waals surface area contributed by atoms with Crippen molar-refractivity contribution in [1.82, 2.24) is 0 Å². The minimum Gasteiger partial charge on any atom is -0.392 e. The third-order valence-corrected chi connectivity index (χ3v) is 1.88. The van der Waals surface area contributed by atoms with Crippen LogP contribution in [0.4, 0.5) is 0 Å². The van der Waals surface area contributed by atoms with Crippen LogP contribution in [0.25, 0.3) is 0 Å². The number of primary amides is 1. The lowest BCUT2D eigenvalue weighted by molar-refractivity contribution is -0.124. The molecule has 0 radical (unpaired) electrons. The second kappa shape index (κ2) is 5.13. The van der Waals surface area contributed by atoms with E-state index < -0.39 is 17.9 Å². The molecule has 0 aromatic rings. The molecule has 2 atom stereocenters. The zero-order valence-electron chi connectivity index (χ0n) is 7.21. The molecular formula is C8H17NO2. The van der Waals surface area contributed by atoms with Gasteiger partial charge in [0.05, 0.1) is 12.0 Å². The smallest absolute Gasteiger partial charge is 0.222 e. The van der Waals surface area contributed by atoms with Crippen molar-refractivity contribution in [3.8, 4) is 0 Å². The largest absolute Gasteiger partial charge is 0.392 e. The third-order valence-electron chi connectivity index (χ3n) is 1.88. The van der Waals surface area contributed by atoms with Crippen LogP contribution in [0.2, 0.25) is 0 Å². The molecule has 0 saturated carbocycles. The van der Waals surface area contributed by atoms with Crippen LogP contribution in [-0.4, -0.2) is 17.1 Å². The van der Waals surface area contributed by atoms with E-state index >= 15 is 0 Å². The summed E-state index contributed by atoms with van der Waals surface area (Å²) in [5, 5.41) is 9.32. The topological polar surface area (TPSA) is 63.3 Å². The van der Waals surface area contributed by atoms with Crippen molar-refractivity contribution in [2.45, 2.75) is 39.2 Å². The van der Waals surface area contributed by atoms with E-state index in [4.69, 9.17) is 5.73 Å². The zero-order valence-corrected chi connectivity index (χ0v) is 7.21. The second-order valence-electron chi connectivity index (χ2n) is 2.90. The van der Waals surface area contributed by atoms with Gasteiger partial charge < -0.3 is 10.8 Å². The molecule has 0 rings (SSSR count). The van der Waals surface area contributed by atoms with Crippen molar-refractivity contribution < 1.29 is 9.90 Å². The maximum absolute atomic E-state index is 10.6. The highest BCUT2D eigenvalue weighted by Crippen LogP contribution is 2.09. The molecule has 0 bridgehead atoms. The highest BCUT2D eigenvalue weighted by molar-refractivity contribution is 5.76. The molecule has 1 amide bonds. The molecular weight excluding hydrogens is 142 g/mol. The fraction of sp³-hybridized carbons (Fsp3) is 0.875. The molecule has 11 heavy (non-hydrogen) atoms. The highest BCUT2D eigenvalue weighted by Gasteiger charge is 2.18. The fourth-order valence-corrected chi connectivity index (χ4v) is 0.853. The Kier molecular flexibility index (Phi) is 4.86. The molecule has 0 aromatic heterocycles. The van der Waals surface area contributed by atoms with Gasteiger partial charge in [-0.05, 0) is 6.42 Å². The first-order valence-electron chi connectivity index (χ1n) is 4.07. The minimum absolute atomic E-state index is 0.415. The summed E-state index contributed by atoms with van der Waals surface area (Å²) in [5.74, 6) is -0.838. The van der Waals surface area contributed by atoms with Gasteiger partial charge in [0.2, 0.25) is 5.91 Å². The monoisotopic (exact) mass is 159 g/mol. The van der Waals surface area contributed by atoms with Crippen molar-refractivity contribution in [3.63, 3.8) is 0 Å². The maximum atomic E-state index is 10.6. The van der Waals surface area contributed by atoms with Gasteiger partial charge in [-0.15, -0.1) is 0 Å². The normalized spacial score (nSPS) is 15.9. The van der Waals surface area contributed by atoms with Crippen LogP contribution >= 0.6 is 0 Å². The molecule has 0 spiro atoms. The minimum atomic E-state index is -0.563. The Morgan fingerprint density at radius 1 is 1.64 bits per heavy atom. The van der Waals surface area contributed by atoms with Crippen LogP contribution < -0.4 is 5.73 Å². The molecule has 66 valence electrons. The van der Waals surface area contributed by atoms with Crippen molar-refractivity contribution in [1.29, 1.82) is 0 Å². The summed E-state index contributed by atoms with van der Waals surface area (Å²) in [6.07, 6.45) is 2.08. The van der Waals surface area contributed by atoms with Crippen molar-refractivity contribution >= 4 is 5.91 Å².